The summed E-state index contributed by atoms with van der Waals surface area (Å²) in [5, 5.41) is 3.34. The SMILES string of the molecule is Cc1cnc(C)c(NC(CN)C(C)C)n1. The first-order valence-electron chi connectivity index (χ1n) is 5.31. The molecule has 0 aromatic carbocycles. The molecule has 0 aliphatic carbocycles. The molecule has 0 aliphatic heterocycles. The molecule has 1 atom stereocenters. The number of aryl methyl sites for hydroxylation is 2. The Morgan fingerprint density at radius 1 is 1.40 bits per heavy atom. The van der Waals surface area contributed by atoms with E-state index in [4.69, 9.17) is 5.73 Å². The van der Waals surface area contributed by atoms with Crippen molar-refractivity contribution in [1.29, 1.82) is 0 Å². The van der Waals surface area contributed by atoms with E-state index in [1.165, 1.54) is 0 Å². The van der Waals surface area contributed by atoms with Gasteiger partial charge in [-0.15, -0.1) is 0 Å². The van der Waals surface area contributed by atoms with Crippen molar-refractivity contribution in [3.63, 3.8) is 0 Å². The molecule has 1 aromatic rings. The molecule has 4 heteroatoms. The molecule has 1 heterocycles. The minimum atomic E-state index is 0.250. The van der Waals surface area contributed by atoms with Crippen molar-refractivity contribution >= 4 is 5.82 Å². The number of aromatic nitrogens is 2. The lowest BCUT2D eigenvalue weighted by Gasteiger charge is -2.21. The lowest BCUT2D eigenvalue weighted by molar-refractivity contribution is 0.529. The summed E-state index contributed by atoms with van der Waals surface area (Å²) in [5.41, 5.74) is 7.53. The highest BCUT2D eigenvalue weighted by molar-refractivity contribution is 5.40. The number of hydrogen-bond donors (Lipinski definition) is 2. The third kappa shape index (κ3) is 3.16. The molecule has 1 rings (SSSR count). The second kappa shape index (κ2) is 5.07. The molecule has 0 saturated carbocycles. The Labute approximate surface area is 91.3 Å². The smallest absolute Gasteiger partial charge is 0.148 e. The Morgan fingerprint density at radius 3 is 2.60 bits per heavy atom. The van der Waals surface area contributed by atoms with Crippen molar-refractivity contribution in [3.05, 3.63) is 17.6 Å². The molecule has 0 bridgehead atoms. The third-order valence-corrected chi connectivity index (χ3v) is 2.46. The van der Waals surface area contributed by atoms with Crippen molar-refractivity contribution < 1.29 is 0 Å². The van der Waals surface area contributed by atoms with Gasteiger partial charge in [-0.2, -0.15) is 0 Å². The second-order valence-corrected chi connectivity index (χ2v) is 4.18. The molecular weight excluding hydrogens is 188 g/mol. The molecule has 84 valence electrons. The van der Waals surface area contributed by atoms with Gasteiger partial charge in [-0.3, -0.25) is 4.98 Å². The minimum Gasteiger partial charge on any atom is -0.364 e. The number of nitrogens with zero attached hydrogens (tertiary/aromatic N) is 2. The van der Waals surface area contributed by atoms with E-state index in [-0.39, 0.29) is 6.04 Å². The number of rotatable bonds is 4. The van der Waals surface area contributed by atoms with Crippen LogP contribution >= 0.6 is 0 Å². The van der Waals surface area contributed by atoms with E-state index in [0.29, 0.717) is 12.5 Å². The average molecular weight is 208 g/mol. The largest absolute Gasteiger partial charge is 0.364 e. The highest BCUT2D eigenvalue weighted by atomic mass is 15.1. The van der Waals surface area contributed by atoms with Crippen molar-refractivity contribution in [2.24, 2.45) is 11.7 Å². The summed E-state index contributed by atoms with van der Waals surface area (Å²) in [6.07, 6.45) is 1.77. The van der Waals surface area contributed by atoms with Crippen LogP contribution in [0, 0.1) is 19.8 Å². The summed E-state index contributed by atoms with van der Waals surface area (Å²) in [5.74, 6) is 1.33. The predicted molar refractivity (Wildman–Crippen MR) is 62.8 cm³/mol. The zero-order valence-electron chi connectivity index (χ0n) is 9.91. The van der Waals surface area contributed by atoms with Crippen LogP contribution in [0.5, 0.6) is 0 Å². The number of nitrogens with two attached hydrogens (primary N) is 1. The Kier molecular flexibility index (Phi) is 4.03. The zero-order valence-corrected chi connectivity index (χ0v) is 9.91. The van der Waals surface area contributed by atoms with Crippen molar-refractivity contribution in [2.75, 3.05) is 11.9 Å². The molecule has 3 N–H and O–H groups in total. The molecule has 0 aliphatic rings. The highest BCUT2D eigenvalue weighted by Crippen LogP contribution is 2.13. The fourth-order valence-corrected chi connectivity index (χ4v) is 1.35. The average Bonchev–Trinajstić information content (AvgIpc) is 2.18. The van der Waals surface area contributed by atoms with Crippen LogP contribution in [0.3, 0.4) is 0 Å². The van der Waals surface area contributed by atoms with Crippen LogP contribution in [-0.4, -0.2) is 22.6 Å². The highest BCUT2D eigenvalue weighted by Gasteiger charge is 2.13. The van der Waals surface area contributed by atoms with Gasteiger partial charge >= 0.3 is 0 Å². The number of hydrogen-bond acceptors (Lipinski definition) is 4. The Morgan fingerprint density at radius 2 is 2.07 bits per heavy atom. The molecule has 0 amide bonds. The Bertz CT molecular complexity index is 322. The van der Waals surface area contributed by atoms with E-state index in [0.717, 1.165) is 17.2 Å². The molecule has 0 radical (unpaired) electrons. The first-order valence-corrected chi connectivity index (χ1v) is 5.31. The van der Waals surface area contributed by atoms with Crippen LogP contribution < -0.4 is 11.1 Å². The second-order valence-electron chi connectivity index (χ2n) is 4.18. The van der Waals surface area contributed by atoms with Gasteiger partial charge in [0.05, 0.1) is 11.4 Å². The topological polar surface area (TPSA) is 63.8 Å². The summed E-state index contributed by atoms with van der Waals surface area (Å²) in [7, 11) is 0. The van der Waals surface area contributed by atoms with E-state index in [9.17, 15) is 0 Å². The minimum absolute atomic E-state index is 0.250. The van der Waals surface area contributed by atoms with E-state index < -0.39 is 0 Å². The predicted octanol–water partition coefficient (Wildman–Crippen LogP) is 1.49. The van der Waals surface area contributed by atoms with E-state index >= 15 is 0 Å². The van der Waals surface area contributed by atoms with Gasteiger partial charge in [0, 0.05) is 18.8 Å². The molecular formula is C11H20N4. The Balaban J connectivity index is 2.82. The summed E-state index contributed by atoms with van der Waals surface area (Å²) < 4.78 is 0. The van der Waals surface area contributed by atoms with Crippen LogP contribution in [0.15, 0.2) is 6.20 Å². The van der Waals surface area contributed by atoms with E-state index in [1.54, 1.807) is 6.20 Å². The molecule has 1 aromatic heterocycles. The lowest BCUT2D eigenvalue weighted by Crippen LogP contribution is -2.34. The molecule has 0 fully saturated rings. The summed E-state index contributed by atoms with van der Waals surface area (Å²) >= 11 is 0. The van der Waals surface area contributed by atoms with Crippen molar-refractivity contribution in [1.82, 2.24) is 9.97 Å². The Hall–Kier alpha value is -1.16. The van der Waals surface area contributed by atoms with Crippen LogP contribution in [0.4, 0.5) is 5.82 Å². The fourth-order valence-electron chi connectivity index (χ4n) is 1.35. The quantitative estimate of drug-likeness (QED) is 0.787. The maximum Gasteiger partial charge on any atom is 0.148 e. The first-order chi connectivity index (χ1) is 7.04. The molecule has 1 unspecified atom stereocenters. The molecule has 0 saturated heterocycles. The van der Waals surface area contributed by atoms with Gasteiger partial charge in [-0.1, -0.05) is 13.8 Å². The summed E-state index contributed by atoms with van der Waals surface area (Å²) in [6.45, 7) is 8.77. The molecule has 0 spiro atoms. The third-order valence-electron chi connectivity index (χ3n) is 2.46. The van der Waals surface area contributed by atoms with Gasteiger partial charge in [0.1, 0.15) is 5.82 Å². The van der Waals surface area contributed by atoms with E-state index in [1.807, 2.05) is 13.8 Å². The summed E-state index contributed by atoms with van der Waals surface area (Å²) in [6, 6.07) is 0.250. The van der Waals surface area contributed by atoms with Crippen LogP contribution in [-0.2, 0) is 0 Å². The molecule has 15 heavy (non-hydrogen) atoms. The van der Waals surface area contributed by atoms with Gasteiger partial charge < -0.3 is 11.1 Å². The van der Waals surface area contributed by atoms with E-state index in [2.05, 4.69) is 29.1 Å². The normalized spacial score (nSPS) is 12.9. The molecule has 4 nitrogen and oxygen atoms in total. The maximum atomic E-state index is 5.70. The van der Waals surface area contributed by atoms with Gasteiger partial charge in [0.2, 0.25) is 0 Å². The summed E-state index contributed by atoms with van der Waals surface area (Å²) in [4.78, 5) is 8.67. The first kappa shape index (κ1) is 11.9. The van der Waals surface area contributed by atoms with Crippen LogP contribution in [0.25, 0.3) is 0 Å². The number of nitrogens with one attached hydrogen (secondary N) is 1. The van der Waals surface area contributed by atoms with Gasteiger partial charge in [-0.25, -0.2) is 4.98 Å². The number of anilines is 1. The van der Waals surface area contributed by atoms with Crippen LogP contribution in [0.2, 0.25) is 0 Å². The monoisotopic (exact) mass is 208 g/mol. The zero-order chi connectivity index (χ0) is 11.4. The lowest BCUT2D eigenvalue weighted by atomic mass is 10.0. The van der Waals surface area contributed by atoms with Crippen molar-refractivity contribution in [3.8, 4) is 0 Å². The fraction of sp³-hybridized carbons (Fsp3) is 0.636. The van der Waals surface area contributed by atoms with Crippen LogP contribution in [0.1, 0.15) is 25.2 Å². The maximum absolute atomic E-state index is 5.70. The standard InChI is InChI=1S/C11H20N4/c1-7(2)10(5-12)15-11-9(4)13-6-8(3)14-11/h6-7,10H,5,12H2,1-4H3,(H,14,15). The van der Waals surface area contributed by atoms with Crippen molar-refractivity contribution in [2.45, 2.75) is 33.7 Å². The van der Waals surface area contributed by atoms with Gasteiger partial charge in [-0.05, 0) is 19.8 Å². The van der Waals surface area contributed by atoms with Gasteiger partial charge in [0.25, 0.3) is 0 Å². The van der Waals surface area contributed by atoms with Gasteiger partial charge in [0.15, 0.2) is 0 Å².